The van der Waals surface area contributed by atoms with E-state index in [1.165, 1.54) is 6.92 Å². The number of hydrogen-bond donors (Lipinski definition) is 3. The average molecular weight is 605 g/mol. The number of hydrogen-bond acceptors (Lipinski definition) is 4. The summed E-state index contributed by atoms with van der Waals surface area (Å²) < 4.78 is 0. The molecule has 9 nitrogen and oxygen atoms in total. The van der Waals surface area contributed by atoms with Crippen LogP contribution in [0.2, 0.25) is 5.02 Å². The van der Waals surface area contributed by atoms with Crippen LogP contribution >= 0.6 is 11.6 Å². The van der Waals surface area contributed by atoms with E-state index in [1.54, 1.807) is 6.07 Å². The van der Waals surface area contributed by atoms with Gasteiger partial charge in [0.2, 0.25) is 17.7 Å². The molecule has 0 aliphatic carbocycles. The van der Waals surface area contributed by atoms with Gasteiger partial charge in [0.25, 0.3) is 0 Å². The van der Waals surface area contributed by atoms with Gasteiger partial charge in [-0.1, -0.05) is 60.1 Å². The highest BCUT2D eigenvalue weighted by atomic mass is 35.5. The van der Waals surface area contributed by atoms with Crippen molar-refractivity contribution in [2.45, 2.75) is 64.6 Å². The summed E-state index contributed by atoms with van der Waals surface area (Å²) in [5.41, 5.74) is 13.9. The monoisotopic (exact) mass is 604 g/mol. The fraction of sp³-hybridized carbons (Fsp3) is 0.394. The number of benzene rings is 3. The Labute approximate surface area is 258 Å². The quantitative estimate of drug-likeness (QED) is 0.185. The lowest BCUT2D eigenvalue weighted by atomic mass is 9.96. The fourth-order valence-corrected chi connectivity index (χ4v) is 6.04. The molecule has 0 bridgehead atoms. The largest absolute Gasteiger partial charge is 0.370 e. The van der Waals surface area contributed by atoms with E-state index in [-0.39, 0.29) is 42.2 Å². The van der Waals surface area contributed by atoms with Crippen LogP contribution in [-0.2, 0) is 27.2 Å². The van der Waals surface area contributed by atoms with Gasteiger partial charge in [0.1, 0.15) is 6.04 Å². The predicted molar refractivity (Wildman–Crippen MR) is 172 cm³/mol. The topological polar surface area (TPSA) is 134 Å². The number of aliphatic imine (C=N–C) groups is 1. The van der Waals surface area contributed by atoms with E-state index in [4.69, 9.17) is 23.1 Å². The minimum absolute atomic E-state index is 0.0132. The summed E-state index contributed by atoms with van der Waals surface area (Å²) in [5.74, 6) is -0.433. The second-order valence-electron chi connectivity index (χ2n) is 11.4. The Morgan fingerprint density at radius 2 is 1.77 bits per heavy atom. The van der Waals surface area contributed by atoms with Crippen LogP contribution in [0.5, 0.6) is 0 Å². The van der Waals surface area contributed by atoms with Crippen molar-refractivity contribution in [2.24, 2.45) is 16.5 Å². The summed E-state index contributed by atoms with van der Waals surface area (Å²) in [6, 6.07) is 18.5. The third kappa shape index (κ3) is 8.47. The van der Waals surface area contributed by atoms with Gasteiger partial charge in [-0.2, -0.15) is 0 Å². The van der Waals surface area contributed by atoms with Crippen LogP contribution < -0.4 is 16.8 Å². The maximum absolute atomic E-state index is 14.1. The van der Waals surface area contributed by atoms with Gasteiger partial charge in [0.15, 0.2) is 5.96 Å². The summed E-state index contributed by atoms with van der Waals surface area (Å²) >= 11 is 6.15. The first-order valence-corrected chi connectivity index (χ1v) is 15.0. The Morgan fingerprint density at radius 3 is 2.47 bits per heavy atom. The minimum Gasteiger partial charge on any atom is -0.370 e. The molecule has 43 heavy (non-hydrogen) atoms. The van der Waals surface area contributed by atoms with E-state index < -0.39 is 6.04 Å². The molecule has 1 saturated heterocycles. The maximum Gasteiger partial charge on any atom is 0.245 e. The van der Waals surface area contributed by atoms with Gasteiger partial charge in [0, 0.05) is 50.1 Å². The number of rotatable bonds is 10. The van der Waals surface area contributed by atoms with Crippen LogP contribution in [-0.4, -0.2) is 71.2 Å². The minimum atomic E-state index is -0.760. The summed E-state index contributed by atoms with van der Waals surface area (Å²) in [5, 5.41) is 5.70. The summed E-state index contributed by atoms with van der Waals surface area (Å²) in [6.07, 6.45) is 1.84. The first kappa shape index (κ1) is 31.8. The van der Waals surface area contributed by atoms with E-state index in [0.717, 1.165) is 27.5 Å². The molecule has 1 heterocycles. The van der Waals surface area contributed by atoms with Crippen LogP contribution in [0.15, 0.2) is 65.7 Å². The molecule has 10 heteroatoms. The van der Waals surface area contributed by atoms with E-state index >= 15 is 0 Å². The molecule has 3 amide bonds. The van der Waals surface area contributed by atoms with Gasteiger partial charge in [0.05, 0.1) is 6.42 Å². The average Bonchev–Trinajstić information content (AvgIpc) is 2.95. The van der Waals surface area contributed by atoms with Crippen molar-refractivity contribution in [1.82, 2.24) is 15.1 Å². The number of fused-ring (bicyclic) bond motifs is 1. The molecule has 1 fully saturated rings. The van der Waals surface area contributed by atoms with Crippen LogP contribution in [0.1, 0.15) is 43.4 Å². The summed E-state index contributed by atoms with van der Waals surface area (Å²) in [6.45, 7) is 6.46. The number of piperazine rings is 1. The zero-order valence-electron chi connectivity index (χ0n) is 25.1. The number of nitrogens with one attached hydrogen (secondary N) is 1. The lowest BCUT2D eigenvalue weighted by Crippen LogP contribution is -2.63. The second-order valence-corrected chi connectivity index (χ2v) is 11.8. The highest BCUT2D eigenvalue weighted by molar-refractivity contribution is 6.30. The first-order valence-electron chi connectivity index (χ1n) is 14.7. The Morgan fingerprint density at radius 1 is 1.02 bits per heavy atom. The highest BCUT2D eigenvalue weighted by Gasteiger charge is 2.39. The van der Waals surface area contributed by atoms with Crippen molar-refractivity contribution in [3.8, 4) is 0 Å². The van der Waals surface area contributed by atoms with Crippen LogP contribution in [0.4, 0.5) is 0 Å². The number of aryl methyl sites for hydroxylation is 1. The Kier molecular flexibility index (Phi) is 10.6. The molecule has 3 atom stereocenters. The molecule has 1 aliphatic rings. The van der Waals surface area contributed by atoms with Gasteiger partial charge in [-0.15, -0.1) is 0 Å². The molecule has 1 aliphatic heterocycles. The summed E-state index contributed by atoms with van der Waals surface area (Å²) in [7, 11) is 0. The number of guanidine groups is 1. The molecule has 0 aromatic heterocycles. The lowest BCUT2D eigenvalue weighted by Gasteiger charge is -2.46. The first-order chi connectivity index (χ1) is 20.5. The standard InChI is InChI=1S/C33H41ClN6O3/c1-21-15-28(34)13-12-26(21)18-30(38-23(3)41)32(43)40-19-22(2)39(20-29(40)9-6-14-37-33(35)36)31(42)17-24-10-11-25-7-4-5-8-27(25)16-24/h4-5,7-8,10-13,15-16,22,29-30H,6,9,14,17-20H2,1-3H3,(H,38,41)(H4,35,36,37)/t22-,29+,30-/m1/s1. The number of amides is 3. The van der Waals surface area contributed by atoms with Crippen molar-refractivity contribution in [3.05, 3.63) is 82.4 Å². The molecule has 0 spiro atoms. The maximum atomic E-state index is 14.1. The zero-order valence-corrected chi connectivity index (χ0v) is 25.8. The molecule has 3 aromatic rings. The van der Waals surface area contributed by atoms with Crippen LogP contribution in [0, 0.1) is 6.92 Å². The zero-order chi connectivity index (χ0) is 31.1. The van der Waals surface area contributed by atoms with Gasteiger partial charge in [-0.25, -0.2) is 0 Å². The van der Waals surface area contributed by atoms with E-state index in [2.05, 4.69) is 22.4 Å². The van der Waals surface area contributed by atoms with Gasteiger partial charge >= 0.3 is 0 Å². The molecular formula is C33H41ClN6O3. The molecule has 0 saturated carbocycles. The Hall–Kier alpha value is -4.11. The van der Waals surface area contributed by atoms with E-state index in [9.17, 15) is 14.4 Å². The Balaban J connectivity index is 1.55. The van der Waals surface area contributed by atoms with Crippen LogP contribution in [0.25, 0.3) is 10.8 Å². The van der Waals surface area contributed by atoms with E-state index in [1.807, 2.05) is 66.1 Å². The summed E-state index contributed by atoms with van der Waals surface area (Å²) in [4.78, 5) is 47.8. The Bertz CT molecular complexity index is 1500. The highest BCUT2D eigenvalue weighted by Crippen LogP contribution is 2.24. The number of carbonyl (C=O) groups is 3. The van der Waals surface area contributed by atoms with Crippen molar-refractivity contribution in [1.29, 1.82) is 0 Å². The van der Waals surface area contributed by atoms with E-state index in [0.29, 0.717) is 43.9 Å². The smallest absolute Gasteiger partial charge is 0.245 e. The second kappa shape index (κ2) is 14.4. The molecule has 5 N–H and O–H groups in total. The number of halogens is 1. The van der Waals surface area contributed by atoms with Gasteiger partial charge < -0.3 is 26.6 Å². The lowest BCUT2D eigenvalue weighted by molar-refractivity contribution is -0.148. The number of carbonyl (C=O) groups excluding carboxylic acids is 3. The molecule has 4 rings (SSSR count). The molecule has 0 radical (unpaired) electrons. The van der Waals surface area contributed by atoms with Gasteiger partial charge in [-0.3, -0.25) is 19.4 Å². The van der Waals surface area contributed by atoms with Gasteiger partial charge in [-0.05, 0) is 66.3 Å². The van der Waals surface area contributed by atoms with Crippen molar-refractivity contribution < 1.29 is 14.4 Å². The third-order valence-electron chi connectivity index (χ3n) is 8.01. The molecular weight excluding hydrogens is 564 g/mol. The van der Waals surface area contributed by atoms with Crippen molar-refractivity contribution in [3.63, 3.8) is 0 Å². The van der Waals surface area contributed by atoms with Crippen molar-refractivity contribution >= 4 is 46.1 Å². The third-order valence-corrected chi connectivity index (χ3v) is 8.24. The number of nitrogens with zero attached hydrogens (tertiary/aromatic N) is 3. The molecule has 0 unspecified atom stereocenters. The predicted octanol–water partition coefficient (Wildman–Crippen LogP) is 3.57. The number of nitrogens with two attached hydrogens (primary N) is 2. The molecule has 3 aromatic carbocycles. The fourth-order valence-electron chi connectivity index (χ4n) is 5.82. The SMILES string of the molecule is CC(=O)N[C@H](Cc1ccc(Cl)cc1C)C(=O)N1C[C@@H](C)N(C(=O)Cc2ccc3ccccc3c2)C[C@@H]1CCCN=C(N)N. The van der Waals surface area contributed by atoms with Crippen LogP contribution in [0.3, 0.4) is 0 Å². The molecule has 228 valence electrons. The normalized spacial score (nSPS) is 17.4. The van der Waals surface area contributed by atoms with Crippen molar-refractivity contribution in [2.75, 3.05) is 19.6 Å².